The van der Waals surface area contributed by atoms with E-state index < -0.39 is 0 Å². The topological polar surface area (TPSA) is 43.9 Å². The molecule has 0 fully saturated rings. The third-order valence-corrected chi connectivity index (χ3v) is 13.2. The zero-order valence-electron chi connectivity index (χ0n) is 42.1. The van der Waals surface area contributed by atoms with Crippen molar-refractivity contribution in [3.8, 4) is 0 Å². The number of Topliss-reactive ketones (excluding diaryl/α,β-unsaturated/α-hetero) is 1. The van der Waals surface area contributed by atoms with Crippen molar-refractivity contribution < 1.29 is 9.59 Å². The summed E-state index contributed by atoms with van der Waals surface area (Å²) >= 11 is 0. The molecule has 0 aromatic heterocycles. The van der Waals surface area contributed by atoms with Crippen molar-refractivity contribution in [2.45, 2.75) is 291 Å². The second-order valence-electron chi connectivity index (χ2n) is 19.3. The summed E-state index contributed by atoms with van der Waals surface area (Å²) in [6.45, 7) is 16.8. The maximum Gasteiger partial charge on any atom is 0.222 e. The molecule has 0 aliphatic heterocycles. The van der Waals surface area contributed by atoms with Crippen molar-refractivity contribution in [3.05, 3.63) is 0 Å². The molecule has 0 heterocycles. The Labute approximate surface area is 378 Å². The van der Waals surface area contributed by atoms with Gasteiger partial charge in [0.1, 0.15) is 5.78 Å². The molecule has 0 aromatic rings. The van der Waals surface area contributed by atoms with Crippen molar-refractivity contribution in [1.82, 2.24) is 14.7 Å². The molecule has 0 atom stereocenters. The molecular weight excluding hydrogens is 735 g/mol. The van der Waals surface area contributed by atoms with E-state index in [9.17, 15) is 9.59 Å². The van der Waals surface area contributed by atoms with Crippen LogP contribution in [-0.4, -0.2) is 79.3 Å². The molecule has 0 radical (unpaired) electrons. The van der Waals surface area contributed by atoms with E-state index in [4.69, 9.17) is 0 Å². The first-order chi connectivity index (χ1) is 29.5. The van der Waals surface area contributed by atoms with Crippen LogP contribution in [0, 0.1) is 0 Å². The van der Waals surface area contributed by atoms with Gasteiger partial charge in [0.2, 0.25) is 5.91 Å². The van der Waals surface area contributed by atoms with E-state index >= 15 is 0 Å². The average Bonchev–Trinajstić information content (AvgIpc) is 3.25. The van der Waals surface area contributed by atoms with Crippen molar-refractivity contribution in [2.75, 3.05) is 52.9 Å². The van der Waals surface area contributed by atoms with Gasteiger partial charge in [0, 0.05) is 38.9 Å². The normalized spacial score (nSPS) is 11.7. The van der Waals surface area contributed by atoms with E-state index in [2.05, 4.69) is 49.4 Å². The van der Waals surface area contributed by atoms with Gasteiger partial charge in [-0.05, 0) is 84.6 Å². The highest BCUT2D eigenvalue weighted by Gasteiger charge is 2.13. The number of carbonyl (C=O) groups excluding carboxylic acids is 2. The Balaban J connectivity index is 4.09. The molecule has 0 aromatic carbocycles. The molecule has 60 heavy (non-hydrogen) atoms. The van der Waals surface area contributed by atoms with E-state index in [1.54, 1.807) is 0 Å². The smallest absolute Gasteiger partial charge is 0.222 e. The van der Waals surface area contributed by atoms with Gasteiger partial charge in [0.25, 0.3) is 0 Å². The molecule has 1 amide bonds. The summed E-state index contributed by atoms with van der Waals surface area (Å²) in [5.74, 6) is 0.911. The van der Waals surface area contributed by atoms with Crippen LogP contribution in [-0.2, 0) is 9.59 Å². The number of amides is 1. The number of hydrogen-bond donors (Lipinski definition) is 0. The van der Waals surface area contributed by atoms with Gasteiger partial charge in [-0.15, -0.1) is 0 Å². The van der Waals surface area contributed by atoms with Gasteiger partial charge in [0.15, 0.2) is 0 Å². The van der Waals surface area contributed by atoms with Gasteiger partial charge in [-0.1, -0.05) is 220 Å². The highest BCUT2D eigenvalue weighted by molar-refractivity contribution is 5.78. The molecule has 0 aliphatic rings. The fourth-order valence-corrected chi connectivity index (χ4v) is 8.90. The van der Waals surface area contributed by atoms with E-state index in [-0.39, 0.29) is 0 Å². The second kappa shape index (κ2) is 49.1. The average molecular weight is 847 g/mol. The summed E-state index contributed by atoms with van der Waals surface area (Å²) in [6.07, 6.45) is 51.9. The molecule has 0 bridgehead atoms. The Morgan fingerprint density at radius 2 is 0.567 bits per heavy atom. The van der Waals surface area contributed by atoms with Crippen molar-refractivity contribution in [2.24, 2.45) is 0 Å². The monoisotopic (exact) mass is 846 g/mol. The first kappa shape index (κ1) is 59.1. The van der Waals surface area contributed by atoms with Crippen LogP contribution >= 0.6 is 0 Å². The minimum absolute atomic E-state index is 0.423. The largest absolute Gasteiger partial charge is 0.343 e. The van der Waals surface area contributed by atoms with E-state index in [0.29, 0.717) is 11.7 Å². The first-order valence-corrected chi connectivity index (χ1v) is 27.7. The summed E-state index contributed by atoms with van der Waals surface area (Å²) in [7, 11) is 2.28. The molecule has 5 nitrogen and oxygen atoms in total. The zero-order valence-corrected chi connectivity index (χ0v) is 42.1. The molecule has 0 saturated heterocycles. The minimum atomic E-state index is 0.423. The molecule has 0 saturated carbocycles. The molecular formula is C55H111N3O2. The summed E-state index contributed by atoms with van der Waals surface area (Å²) in [4.78, 5) is 33.4. The number of nitrogens with zero attached hydrogens (tertiary/aromatic N) is 3. The Morgan fingerprint density at radius 1 is 0.283 bits per heavy atom. The van der Waals surface area contributed by atoms with Gasteiger partial charge in [-0.25, -0.2) is 0 Å². The molecule has 0 unspecified atom stereocenters. The van der Waals surface area contributed by atoms with Gasteiger partial charge < -0.3 is 14.7 Å². The van der Waals surface area contributed by atoms with Crippen LogP contribution in [0.5, 0.6) is 0 Å². The molecule has 0 aliphatic carbocycles. The molecule has 0 spiro atoms. The van der Waals surface area contributed by atoms with Crippen LogP contribution < -0.4 is 0 Å². The number of hydrogen-bond acceptors (Lipinski definition) is 4. The zero-order chi connectivity index (χ0) is 43.8. The van der Waals surface area contributed by atoms with Gasteiger partial charge in [0.05, 0.1) is 0 Å². The minimum Gasteiger partial charge on any atom is -0.343 e. The number of ketones is 1. The van der Waals surface area contributed by atoms with Crippen LogP contribution in [0.25, 0.3) is 0 Å². The lowest BCUT2D eigenvalue weighted by molar-refractivity contribution is -0.131. The summed E-state index contributed by atoms with van der Waals surface area (Å²) < 4.78 is 0. The standard InChI is InChI=1S/C55H111N3O2/c1-6-10-14-18-22-24-34-42-51-58(52-43-35-25-23-19-15-11-7-2)55(60)45-37-29-27-31-39-48-56(5)47-38-30-26-28-36-44-54(59)46-53-57(49-40-32-20-16-12-8-3)50-41-33-21-17-13-9-4/h6-53H2,1-5H3. The van der Waals surface area contributed by atoms with Crippen LogP contribution in [0.3, 0.4) is 0 Å². The van der Waals surface area contributed by atoms with Crippen molar-refractivity contribution >= 4 is 11.7 Å². The van der Waals surface area contributed by atoms with E-state index in [1.165, 1.54) is 257 Å². The van der Waals surface area contributed by atoms with E-state index in [1.807, 2.05) is 0 Å². The molecule has 358 valence electrons. The predicted molar refractivity (Wildman–Crippen MR) is 268 cm³/mol. The van der Waals surface area contributed by atoms with Gasteiger partial charge >= 0.3 is 0 Å². The first-order valence-electron chi connectivity index (χ1n) is 27.7. The Kier molecular flexibility index (Phi) is 48.3. The van der Waals surface area contributed by atoms with Crippen LogP contribution in [0.1, 0.15) is 291 Å². The lowest BCUT2D eigenvalue weighted by atomic mass is 10.1. The Hall–Kier alpha value is -0.940. The third-order valence-electron chi connectivity index (χ3n) is 13.2. The third kappa shape index (κ3) is 43.7. The molecule has 5 heteroatoms. The van der Waals surface area contributed by atoms with Crippen molar-refractivity contribution in [3.63, 3.8) is 0 Å². The maximum absolute atomic E-state index is 13.3. The molecule has 0 N–H and O–H groups in total. The lowest BCUT2D eigenvalue weighted by Crippen LogP contribution is -2.32. The summed E-state index contributed by atoms with van der Waals surface area (Å²) in [5.41, 5.74) is 0. The predicted octanol–water partition coefficient (Wildman–Crippen LogP) is 16.7. The Morgan fingerprint density at radius 3 is 0.933 bits per heavy atom. The fourth-order valence-electron chi connectivity index (χ4n) is 8.90. The van der Waals surface area contributed by atoms with Crippen molar-refractivity contribution in [1.29, 1.82) is 0 Å². The lowest BCUT2D eigenvalue weighted by Gasteiger charge is -2.23. The highest BCUT2D eigenvalue weighted by Crippen LogP contribution is 2.15. The molecule has 0 rings (SSSR count). The Bertz CT molecular complexity index is 829. The number of unbranched alkanes of at least 4 members (excludes halogenated alkanes) is 32. The summed E-state index contributed by atoms with van der Waals surface area (Å²) in [5, 5.41) is 0. The quantitative estimate of drug-likeness (QED) is 0.0572. The second-order valence-corrected chi connectivity index (χ2v) is 19.3. The highest BCUT2D eigenvalue weighted by atomic mass is 16.2. The fraction of sp³-hybridized carbons (Fsp3) is 0.964. The van der Waals surface area contributed by atoms with E-state index in [0.717, 1.165) is 51.7 Å². The SMILES string of the molecule is CCCCCCCCCCN(CCCCCCCCCC)C(=O)CCCCCCCN(C)CCCCCCCC(=O)CCN(CCCCCCCC)CCCCCCCC. The summed E-state index contributed by atoms with van der Waals surface area (Å²) in [6, 6.07) is 0. The number of carbonyl (C=O) groups is 2. The maximum atomic E-state index is 13.3. The van der Waals surface area contributed by atoms with Gasteiger partial charge in [-0.2, -0.15) is 0 Å². The van der Waals surface area contributed by atoms with Crippen LogP contribution in [0.4, 0.5) is 0 Å². The number of rotatable bonds is 51. The van der Waals surface area contributed by atoms with Crippen LogP contribution in [0.2, 0.25) is 0 Å². The van der Waals surface area contributed by atoms with Crippen LogP contribution in [0.15, 0.2) is 0 Å². The van der Waals surface area contributed by atoms with Gasteiger partial charge in [-0.3, -0.25) is 9.59 Å².